The number of piperazine rings is 1. The van der Waals surface area contributed by atoms with Crippen LogP contribution in [0.1, 0.15) is 12.0 Å². The molecule has 0 amide bonds. The van der Waals surface area contributed by atoms with Crippen molar-refractivity contribution in [1.29, 1.82) is 0 Å². The quantitative estimate of drug-likeness (QED) is 0.366. The van der Waals surface area contributed by atoms with Crippen molar-refractivity contribution in [3.05, 3.63) is 48.0 Å². The van der Waals surface area contributed by atoms with Crippen molar-refractivity contribution in [3.63, 3.8) is 0 Å². The number of ether oxygens (including phenoxy) is 3. The molecular formula is C23H31IN4O3. The first kappa shape index (κ1) is 23.3. The topological polar surface area (TPSA) is 58.6 Å². The van der Waals surface area contributed by atoms with Gasteiger partial charge in [-0.1, -0.05) is 12.1 Å². The molecule has 2 aromatic rings. The number of halogens is 1. The zero-order chi connectivity index (χ0) is 20.8. The van der Waals surface area contributed by atoms with Gasteiger partial charge in [0, 0.05) is 57.9 Å². The van der Waals surface area contributed by atoms with Crippen LogP contribution in [0.2, 0.25) is 0 Å². The first-order valence-electron chi connectivity index (χ1n) is 10.5. The van der Waals surface area contributed by atoms with E-state index in [0.717, 1.165) is 61.4 Å². The molecule has 2 aliphatic rings. The molecule has 0 aliphatic carbocycles. The number of hydrogen-bond donors (Lipinski definition) is 1. The highest BCUT2D eigenvalue weighted by Crippen LogP contribution is 2.30. The second-order valence-electron chi connectivity index (χ2n) is 7.41. The van der Waals surface area contributed by atoms with Crippen LogP contribution in [0.25, 0.3) is 0 Å². The van der Waals surface area contributed by atoms with Crippen LogP contribution in [-0.2, 0) is 6.54 Å². The van der Waals surface area contributed by atoms with Crippen molar-refractivity contribution in [3.8, 4) is 17.2 Å². The third kappa shape index (κ3) is 5.87. The van der Waals surface area contributed by atoms with Crippen LogP contribution in [0.4, 0.5) is 5.69 Å². The Labute approximate surface area is 201 Å². The minimum atomic E-state index is 0. The Morgan fingerprint density at radius 1 is 1.03 bits per heavy atom. The fraction of sp³-hybridized carbons (Fsp3) is 0.435. The first-order valence-corrected chi connectivity index (χ1v) is 10.5. The fourth-order valence-corrected chi connectivity index (χ4v) is 3.81. The molecule has 31 heavy (non-hydrogen) atoms. The molecule has 0 saturated carbocycles. The Morgan fingerprint density at radius 3 is 2.55 bits per heavy atom. The molecule has 7 nitrogen and oxygen atoms in total. The summed E-state index contributed by atoms with van der Waals surface area (Å²) in [5.74, 6) is 3.47. The van der Waals surface area contributed by atoms with Crippen LogP contribution < -0.4 is 24.4 Å². The Balaban J connectivity index is 0.00000272. The minimum Gasteiger partial charge on any atom is -0.497 e. The van der Waals surface area contributed by atoms with Gasteiger partial charge in [-0.25, -0.2) is 0 Å². The smallest absolute Gasteiger partial charge is 0.194 e. The van der Waals surface area contributed by atoms with E-state index < -0.39 is 0 Å². The third-order valence-corrected chi connectivity index (χ3v) is 5.47. The number of anilines is 1. The Hall–Kier alpha value is -2.36. The van der Waals surface area contributed by atoms with Crippen molar-refractivity contribution < 1.29 is 14.2 Å². The second-order valence-corrected chi connectivity index (χ2v) is 7.41. The van der Waals surface area contributed by atoms with Gasteiger partial charge in [-0.2, -0.15) is 0 Å². The molecular weight excluding hydrogens is 507 g/mol. The largest absolute Gasteiger partial charge is 0.497 e. The number of aliphatic imine (C=N–C) groups is 1. The van der Waals surface area contributed by atoms with E-state index >= 15 is 0 Å². The van der Waals surface area contributed by atoms with Gasteiger partial charge in [0.1, 0.15) is 5.75 Å². The van der Waals surface area contributed by atoms with Crippen LogP contribution in [-0.4, -0.2) is 64.4 Å². The molecule has 0 radical (unpaired) electrons. The highest BCUT2D eigenvalue weighted by Gasteiger charge is 2.20. The average Bonchev–Trinajstić information content (AvgIpc) is 3.05. The third-order valence-electron chi connectivity index (χ3n) is 5.47. The van der Waals surface area contributed by atoms with Crippen molar-refractivity contribution in [2.24, 2.45) is 4.99 Å². The molecule has 8 heteroatoms. The van der Waals surface area contributed by atoms with Crippen molar-refractivity contribution in [2.75, 3.05) is 58.5 Å². The lowest BCUT2D eigenvalue weighted by atomic mass is 10.2. The number of methoxy groups -OCH3 is 1. The normalized spacial score (nSPS) is 16.3. The predicted molar refractivity (Wildman–Crippen MR) is 134 cm³/mol. The number of fused-ring (bicyclic) bond motifs is 1. The summed E-state index contributed by atoms with van der Waals surface area (Å²) in [4.78, 5) is 9.18. The maximum absolute atomic E-state index is 5.80. The van der Waals surface area contributed by atoms with Gasteiger partial charge in [-0.3, -0.25) is 4.99 Å². The van der Waals surface area contributed by atoms with E-state index in [1.165, 1.54) is 5.69 Å². The maximum atomic E-state index is 5.80. The van der Waals surface area contributed by atoms with Gasteiger partial charge in [0.15, 0.2) is 17.5 Å². The minimum absolute atomic E-state index is 0. The van der Waals surface area contributed by atoms with Gasteiger partial charge in [-0.05, 0) is 29.8 Å². The molecule has 0 aromatic heterocycles. The zero-order valence-electron chi connectivity index (χ0n) is 18.2. The molecule has 4 rings (SSSR count). The van der Waals surface area contributed by atoms with E-state index in [1.54, 1.807) is 7.11 Å². The lowest BCUT2D eigenvalue weighted by Gasteiger charge is -2.37. The first-order chi connectivity index (χ1) is 14.8. The second kappa shape index (κ2) is 11.3. The van der Waals surface area contributed by atoms with Gasteiger partial charge in [-0.15, -0.1) is 24.0 Å². The number of nitrogens with zero attached hydrogens (tertiary/aromatic N) is 3. The Bertz CT molecular complexity index is 885. The van der Waals surface area contributed by atoms with E-state index in [9.17, 15) is 0 Å². The zero-order valence-corrected chi connectivity index (χ0v) is 20.5. The number of nitrogens with one attached hydrogen (secondary N) is 1. The molecule has 2 aromatic carbocycles. The molecule has 2 heterocycles. The molecule has 0 spiro atoms. The van der Waals surface area contributed by atoms with E-state index in [2.05, 4.69) is 44.4 Å². The lowest BCUT2D eigenvalue weighted by Crippen LogP contribution is -2.52. The standard InChI is InChI=1S/C23H30N4O3.HI/c1-24-23(25-17-18-7-8-21-22(15-18)30-14-4-13-29-21)27-11-9-26(10-12-27)19-5-3-6-20(16-19)28-2;/h3,5-8,15-16H,4,9-14,17H2,1-2H3,(H,24,25);1H. The fourth-order valence-electron chi connectivity index (χ4n) is 3.81. The Morgan fingerprint density at radius 2 is 1.81 bits per heavy atom. The average molecular weight is 538 g/mol. The van der Waals surface area contributed by atoms with Crippen LogP contribution in [0, 0.1) is 0 Å². The summed E-state index contributed by atoms with van der Waals surface area (Å²) in [7, 11) is 3.54. The van der Waals surface area contributed by atoms with Gasteiger partial charge < -0.3 is 29.3 Å². The lowest BCUT2D eigenvalue weighted by molar-refractivity contribution is 0.297. The number of rotatable bonds is 4. The van der Waals surface area contributed by atoms with Crippen LogP contribution in [0.15, 0.2) is 47.5 Å². The van der Waals surface area contributed by atoms with E-state index in [0.29, 0.717) is 19.8 Å². The summed E-state index contributed by atoms with van der Waals surface area (Å²) >= 11 is 0. The Kier molecular flexibility index (Phi) is 8.51. The van der Waals surface area contributed by atoms with Gasteiger partial charge in [0.25, 0.3) is 0 Å². The summed E-state index contributed by atoms with van der Waals surface area (Å²) in [6, 6.07) is 14.4. The number of hydrogen-bond acceptors (Lipinski definition) is 5. The molecule has 0 bridgehead atoms. The number of guanidine groups is 1. The van der Waals surface area contributed by atoms with Crippen molar-refractivity contribution in [1.82, 2.24) is 10.2 Å². The summed E-state index contributed by atoms with van der Waals surface area (Å²) in [5.41, 5.74) is 2.35. The van der Waals surface area contributed by atoms with Crippen LogP contribution in [0.3, 0.4) is 0 Å². The highest BCUT2D eigenvalue weighted by molar-refractivity contribution is 14.0. The predicted octanol–water partition coefficient (Wildman–Crippen LogP) is 3.37. The van der Waals surface area contributed by atoms with Gasteiger partial charge in [0.05, 0.1) is 20.3 Å². The summed E-state index contributed by atoms with van der Waals surface area (Å²) in [6.07, 6.45) is 0.913. The maximum Gasteiger partial charge on any atom is 0.194 e. The number of benzene rings is 2. The summed E-state index contributed by atoms with van der Waals surface area (Å²) < 4.78 is 16.9. The molecule has 0 atom stereocenters. The van der Waals surface area contributed by atoms with Crippen LogP contribution in [0.5, 0.6) is 17.2 Å². The van der Waals surface area contributed by atoms with Gasteiger partial charge >= 0.3 is 0 Å². The highest BCUT2D eigenvalue weighted by atomic mass is 127. The summed E-state index contributed by atoms with van der Waals surface area (Å²) in [5, 5.41) is 3.49. The van der Waals surface area contributed by atoms with Crippen LogP contribution >= 0.6 is 24.0 Å². The molecule has 1 saturated heterocycles. The van der Waals surface area contributed by atoms with Gasteiger partial charge in [0.2, 0.25) is 0 Å². The van der Waals surface area contributed by atoms with Crippen molar-refractivity contribution >= 4 is 35.6 Å². The molecule has 168 valence electrons. The SMILES string of the molecule is CN=C(NCc1ccc2c(c1)OCCCO2)N1CCN(c2cccc(OC)c2)CC1.I. The van der Waals surface area contributed by atoms with Crippen molar-refractivity contribution in [2.45, 2.75) is 13.0 Å². The van der Waals surface area contributed by atoms with E-state index in [4.69, 9.17) is 14.2 Å². The van der Waals surface area contributed by atoms with E-state index in [-0.39, 0.29) is 24.0 Å². The summed E-state index contributed by atoms with van der Waals surface area (Å²) in [6.45, 7) is 5.81. The molecule has 1 fully saturated rings. The molecule has 0 unspecified atom stereocenters. The monoisotopic (exact) mass is 538 g/mol. The molecule has 2 aliphatic heterocycles. The molecule has 1 N–H and O–H groups in total. The van der Waals surface area contributed by atoms with E-state index in [1.807, 2.05) is 25.2 Å².